The van der Waals surface area contributed by atoms with E-state index in [0.29, 0.717) is 11.6 Å². The molecule has 1 rings (SSSR count). The third-order valence-corrected chi connectivity index (χ3v) is 2.14. The SMILES string of the molecule is CC=CC(=O)Nc1c(N(C)C)ccnc1OC. The van der Waals surface area contributed by atoms with Crippen LogP contribution in [0.3, 0.4) is 0 Å². The van der Waals surface area contributed by atoms with E-state index in [1.165, 1.54) is 13.2 Å². The zero-order valence-corrected chi connectivity index (χ0v) is 10.5. The Bertz CT molecular complexity index is 428. The maximum Gasteiger partial charge on any atom is 0.248 e. The van der Waals surface area contributed by atoms with Gasteiger partial charge in [-0.15, -0.1) is 0 Å². The Morgan fingerprint density at radius 3 is 2.76 bits per heavy atom. The number of aromatic nitrogens is 1. The number of hydrogen-bond donors (Lipinski definition) is 1. The third kappa shape index (κ3) is 3.21. The molecule has 92 valence electrons. The minimum Gasteiger partial charge on any atom is -0.479 e. The molecule has 1 aromatic heterocycles. The van der Waals surface area contributed by atoms with Gasteiger partial charge in [-0.25, -0.2) is 4.98 Å². The summed E-state index contributed by atoms with van der Waals surface area (Å²) in [5.41, 5.74) is 1.41. The van der Waals surface area contributed by atoms with Crippen molar-refractivity contribution in [3.05, 3.63) is 24.4 Å². The number of methoxy groups -OCH3 is 1. The van der Waals surface area contributed by atoms with Gasteiger partial charge in [0, 0.05) is 20.3 Å². The molecule has 0 atom stereocenters. The molecule has 0 aliphatic carbocycles. The second-order valence-corrected chi connectivity index (χ2v) is 3.60. The molecule has 0 aliphatic rings. The van der Waals surface area contributed by atoms with Crippen molar-refractivity contribution in [1.82, 2.24) is 4.98 Å². The molecule has 0 aromatic carbocycles. The van der Waals surface area contributed by atoms with Crippen molar-refractivity contribution in [3.63, 3.8) is 0 Å². The summed E-state index contributed by atoms with van der Waals surface area (Å²) in [6, 6.07) is 1.81. The van der Waals surface area contributed by atoms with Crippen LogP contribution in [0.4, 0.5) is 11.4 Å². The van der Waals surface area contributed by atoms with Crippen molar-refractivity contribution in [2.75, 3.05) is 31.4 Å². The lowest BCUT2D eigenvalue weighted by atomic mass is 10.3. The quantitative estimate of drug-likeness (QED) is 0.807. The largest absolute Gasteiger partial charge is 0.479 e. The van der Waals surface area contributed by atoms with Gasteiger partial charge in [0.05, 0.1) is 12.8 Å². The number of carbonyl (C=O) groups is 1. The first-order valence-electron chi connectivity index (χ1n) is 5.24. The van der Waals surface area contributed by atoms with Gasteiger partial charge in [0.2, 0.25) is 11.8 Å². The number of hydrogen-bond acceptors (Lipinski definition) is 4. The normalized spacial score (nSPS) is 10.4. The molecule has 0 saturated heterocycles. The van der Waals surface area contributed by atoms with Crippen molar-refractivity contribution in [3.8, 4) is 5.88 Å². The van der Waals surface area contributed by atoms with E-state index in [4.69, 9.17) is 4.74 Å². The van der Waals surface area contributed by atoms with Gasteiger partial charge in [-0.1, -0.05) is 6.08 Å². The first-order valence-corrected chi connectivity index (χ1v) is 5.24. The number of rotatable bonds is 4. The van der Waals surface area contributed by atoms with Crippen molar-refractivity contribution in [2.45, 2.75) is 6.92 Å². The van der Waals surface area contributed by atoms with E-state index < -0.39 is 0 Å². The Labute approximate surface area is 101 Å². The maximum atomic E-state index is 11.6. The predicted molar refractivity (Wildman–Crippen MR) is 68.6 cm³/mol. The molecule has 1 heterocycles. The summed E-state index contributed by atoms with van der Waals surface area (Å²) in [5.74, 6) is 0.191. The molecule has 1 amide bonds. The number of allylic oxidation sites excluding steroid dienone is 1. The molecule has 0 fully saturated rings. The molecule has 1 N–H and O–H groups in total. The van der Waals surface area contributed by atoms with Crippen LogP contribution in [0.2, 0.25) is 0 Å². The Hall–Kier alpha value is -2.04. The molecule has 0 aliphatic heterocycles. The Balaban J connectivity index is 3.13. The van der Waals surface area contributed by atoms with Gasteiger partial charge in [0.1, 0.15) is 5.69 Å². The number of nitrogens with zero attached hydrogens (tertiary/aromatic N) is 2. The van der Waals surface area contributed by atoms with E-state index in [0.717, 1.165) is 5.69 Å². The van der Waals surface area contributed by atoms with Crippen LogP contribution in [0, 0.1) is 0 Å². The Morgan fingerprint density at radius 2 is 2.24 bits per heavy atom. The van der Waals surface area contributed by atoms with Crippen LogP contribution in [0.5, 0.6) is 5.88 Å². The smallest absolute Gasteiger partial charge is 0.248 e. The van der Waals surface area contributed by atoms with Gasteiger partial charge >= 0.3 is 0 Å². The summed E-state index contributed by atoms with van der Waals surface area (Å²) >= 11 is 0. The number of pyridine rings is 1. The second-order valence-electron chi connectivity index (χ2n) is 3.60. The van der Waals surface area contributed by atoms with Gasteiger partial charge in [0.15, 0.2) is 0 Å². The zero-order chi connectivity index (χ0) is 12.8. The van der Waals surface area contributed by atoms with Crippen molar-refractivity contribution >= 4 is 17.3 Å². The summed E-state index contributed by atoms with van der Waals surface area (Å²) in [6.45, 7) is 1.78. The van der Waals surface area contributed by atoms with Crippen molar-refractivity contribution < 1.29 is 9.53 Å². The summed E-state index contributed by atoms with van der Waals surface area (Å²) < 4.78 is 5.14. The maximum absolute atomic E-state index is 11.6. The van der Waals surface area contributed by atoms with Gasteiger partial charge in [-0.3, -0.25) is 4.79 Å². The molecule has 0 bridgehead atoms. The van der Waals surface area contributed by atoms with Gasteiger partial charge < -0.3 is 15.0 Å². The first kappa shape index (κ1) is 13.0. The van der Waals surface area contributed by atoms with Crippen LogP contribution in [0.25, 0.3) is 0 Å². The number of anilines is 2. The van der Waals surface area contributed by atoms with E-state index in [9.17, 15) is 4.79 Å². The molecule has 1 aromatic rings. The van der Waals surface area contributed by atoms with E-state index in [2.05, 4.69) is 10.3 Å². The van der Waals surface area contributed by atoms with Crippen molar-refractivity contribution in [2.24, 2.45) is 0 Å². The molecular weight excluding hydrogens is 218 g/mol. The Morgan fingerprint density at radius 1 is 1.53 bits per heavy atom. The molecule has 5 heteroatoms. The molecular formula is C12H17N3O2. The van der Waals surface area contributed by atoms with Crippen LogP contribution >= 0.6 is 0 Å². The van der Waals surface area contributed by atoms with Crippen LogP contribution in [0.15, 0.2) is 24.4 Å². The van der Waals surface area contributed by atoms with E-state index in [1.54, 1.807) is 19.2 Å². The van der Waals surface area contributed by atoms with Gasteiger partial charge in [-0.2, -0.15) is 0 Å². The molecule has 0 radical (unpaired) electrons. The molecule has 0 saturated carbocycles. The highest BCUT2D eigenvalue weighted by Crippen LogP contribution is 2.31. The van der Waals surface area contributed by atoms with Crippen LogP contribution in [-0.2, 0) is 4.79 Å². The molecule has 5 nitrogen and oxygen atoms in total. The number of carbonyl (C=O) groups excluding carboxylic acids is 1. The zero-order valence-electron chi connectivity index (χ0n) is 10.5. The topological polar surface area (TPSA) is 54.5 Å². The average molecular weight is 235 g/mol. The van der Waals surface area contributed by atoms with E-state index in [-0.39, 0.29) is 5.91 Å². The Kier molecular flexibility index (Phi) is 4.51. The van der Waals surface area contributed by atoms with Gasteiger partial charge in [0.25, 0.3) is 0 Å². The standard InChI is InChI=1S/C12H17N3O2/c1-5-6-10(16)14-11-9(15(2)3)7-8-13-12(11)17-4/h5-8H,1-4H3,(H,14,16). The predicted octanol–water partition coefficient (Wildman–Crippen LogP) is 1.67. The summed E-state index contributed by atoms with van der Waals surface area (Å²) in [5, 5.41) is 2.76. The summed E-state index contributed by atoms with van der Waals surface area (Å²) in [4.78, 5) is 17.5. The van der Waals surface area contributed by atoms with Crippen LogP contribution < -0.4 is 15.0 Å². The van der Waals surface area contributed by atoms with Crippen LogP contribution in [-0.4, -0.2) is 32.1 Å². The monoisotopic (exact) mass is 235 g/mol. The number of ether oxygens (including phenoxy) is 1. The van der Waals surface area contributed by atoms with Crippen molar-refractivity contribution in [1.29, 1.82) is 0 Å². The number of nitrogens with one attached hydrogen (secondary N) is 1. The van der Waals surface area contributed by atoms with E-state index >= 15 is 0 Å². The minimum absolute atomic E-state index is 0.207. The minimum atomic E-state index is -0.207. The summed E-state index contributed by atoms with van der Waals surface area (Å²) in [7, 11) is 5.30. The lowest BCUT2D eigenvalue weighted by Gasteiger charge is -2.18. The van der Waals surface area contributed by atoms with E-state index in [1.807, 2.05) is 25.1 Å². The highest BCUT2D eigenvalue weighted by atomic mass is 16.5. The summed E-state index contributed by atoms with van der Waals surface area (Å²) in [6.07, 6.45) is 4.76. The molecule has 0 spiro atoms. The first-order chi connectivity index (χ1) is 8.10. The molecule has 0 unspecified atom stereocenters. The second kappa shape index (κ2) is 5.89. The highest BCUT2D eigenvalue weighted by molar-refractivity contribution is 6.02. The number of amides is 1. The van der Waals surface area contributed by atoms with Gasteiger partial charge in [-0.05, 0) is 19.1 Å². The highest BCUT2D eigenvalue weighted by Gasteiger charge is 2.13. The average Bonchev–Trinajstić information content (AvgIpc) is 2.29. The fraction of sp³-hybridized carbons (Fsp3) is 0.333. The fourth-order valence-electron chi connectivity index (χ4n) is 1.39. The lowest BCUT2D eigenvalue weighted by molar-refractivity contribution is -0.111. The molecule has 17 heavy (non-hydrogen) atoms. The fourth-order valence-corrected chi connectivity index (χ4v) is 1.39. The third-order valence-electron chi connectivity index (χ3n) is 2.14. The lowest BCUT2D eigenvalue weighted by Crippen LogP contribution is -2.16. The van der Waals surface area contributed by atoms with Crippen LogP contribution in [0.1, 0.15) is 6.92 Å².